The van der Waals surface area contributed by atoms with Crippen LogP contribution in [-0.4, -0.2) is 25.6 Å². The summed E-state index contributed by atoms with van der Waals surface area (Å²) in [5.41, 5.74) is 7.18. The van der Waals surface area contributed by atoms with Crippen molar-refractivity contribution in [3.63, 3.8) is 0 Å². The Morgan fingerprint density at radius 3 is 2.29 bits per heavy atom. The van der Waals surface area contributed by atoms with Gasteiger partial charge in [-0.05, 0) is 37.5 Å². The molecule has 5 heteroatoms. The van der Waals surface area contributed by atoms with Crippen LogP contribution in [0.3, 0.4) is 0 Å². The van der Waals surface area contributed by atoms with Crippen molar-refractivity contribution in [2.24, 2.45) is 11.7 Å². The maximum absolute atomic E-state index is 12.3. The number of carbonyl (C=O) groups is 1. The first-order valence-corrected chi connectivity index (χ1v) is 8.66. The van der Waals surface area contributed by atoms with Crippen LogP contribution in [0, 0.1) is 5.92 Å². The molecule has 0 aromatic heterocycles. The highest BCUT2D eigenvalue weighted by atomic mass is 35.5. The molecule has 1 saturated carbocycles. The van der Waals surface area contributed by atoms with Crippen molar-refractivity contribution >= 4 is 18.3 Å². The molecule has 1 aliphatic rings. The van der Waals surface area contributed by atoms with Gasteiger partial charge in [-0.2, -0.15) is 0 Å². The molecule has 0 radical (unpaired) electrons. The lowest BCUT2D eigenvalue weighted by Gasteiger charge is -2.38. The van der Waals surface area contributed by atoms with Crippen LogP contribution in [0.4, 0.5) is 0 Å². The van der Waals surface area contributed by atoms with Crippen molar-refractivity contribution in [2.75, 3.05) is 13.7 Å². The summed E-state index contributed by atoms with van der Waals surface area (Å²) in [6.07, 6.45) is 5.94. The highest BCUT2D eigenvalue weighted by Crippen LogP contribution is 2.39. The highest BCUT2D eigenvalue weighted by Gasteiger charge is 2.34. The second-order valence-electron chi connectivity index (χ2n) is 6.94. The first-order valence-electron chi connectivity index (χ1n) is 8.66. The van der Waals surface area contributed by atoms with Gasteiger partial charge in [-0.3, -0.25) is 4.79 Å². The van der Waals surface area contributed by atoms with E-state index < -0.39 is 0 Å². The van der Waals surface area contributed by atoms with Gasteiger partial charge in [0.2, 0.25) is 5.91 Å². The zero-order chi connectivity index (χ0) is 16.9. The molecule has 0 bridgehead atoms. The molecule has 0 saturated heterocycles. The number of ether oxygens (including phenoxy) is 1. The quantitative estimate of drug-likeness (QED) is 0.822. The molecule has 2 atom stereocenters. The van der Waals surface area contributed by atoms with Crippen molar-refractivity contribution < 1.29 is 9.53 Å². The molecule has 1 amide bonds. The van der Waals surface area contributed by atoms with E-state index in [1.54, 1.807) is 7.11 Å². The maximum atomic E-state index is 12.3. The monoisotopic (exact) mass is 354 g/mol. The minimum atomic E-state index is -0.161. The summed E-state index contributed by atoms with van der Waals surface area (Å²) in [5.74, 6) is 0.763. The van der Waals surface area contributed by atoms with Crippen LogP contribution in [0.5, 0.6) is 5.75 Å². The van der Waals surface area contributed by atoms with E-state index in [0.29, 0.717) is 6.54 Å². The third kappa shape index (κ3) is 4.87. The summed E-state index contributed by atoms with van der Waals surface area (Å²) in [5, 5.41) is 3.15. The van der Waals surface area contributed by atoms with E-state index in [4.69, 9.17) is 10.5 Å². The van der Waals surface area contributed by atoms with Gasteiger partial charge >= 0.3 is 0 Å². The van der Waals surface area contributed by atoms with Crippen LogP contribution >= 0.6 is 12.4 Å². The number of halogens is 1. The molecule has 0 heterocycles. The number of amides is 1. The summed E-state index contributed by atoms with van der Waals surface area (Å²) in [6, 6.07) is 8.19. The molecule has 1 aromatic rings. The average Bonchev–Trinajstić information content (AvgIpc) is 2.59. The fourth-order valence-corrected chi connectivity index (χ4v) is 3.40. The minimum Gasteiger partial charge on any atom is -0.497 e. The molecule has 2 rings (SSSR count). The topological polar surface area (TPSA) is 64.3 Å². The van der Waals surface area contributed by atoms with Crippen LogP contribution < -0.4 is 15.8 Å². The first kappa shape index (κ1) is 20.8. The molecule has 1 aromatic carbocycles. The summed E-state index contributed by atoms with van der Waals surface area (Å²) in [6.45, 7) is 4.46. The number of hydrogen-bond acceptors (Lipinski definition) is 3. The van der Waals surface area contributed by atoms with E-state index in [0.717, 1.165) is 18.6 Å². The number of hydrogen-bond donors (Lipinski definition) is 2. The van der Waals surface area contributed by atoms with E-state index in [9.17, 15) is 4.79 Å². The molecule has 24 heavy (non-hydrogen) atoms. The predicted molar refractivity (Wildman–Crippen MR) is 101 cm³/mol. The van der Waals surface area contributed by atoms with Gasteiger partial charge in [0.15, 0.2) is 0 Å². The van der Waals surface area contributed by atoms with Crippen LogP contribution in [0.15, 0.2) is 24.3 Å². The molecule has 3 N–H and O–H groups in total. The third-order valence-corrected chi connectivity index (χ3v) is 5.32. The van der Waals surface area contributed by atoms with E-state index in [1.165, 1.54) is 24.8 Å². The maximum Gasteiger partial charge on any atom is 0.224 e. The lowest BCUT2D eigenvalue weighted by molar-refractivity contribution is -0.125. The van der Waals surface area contributed by atoms with E-state index in [-0.39, 0.29) is 35.7 Å². The largest absolute Gasteiger partial charge is 0.497 e. The summed E-state index contributed by atoms with van der Waals surface area (Å²) < 4.78 is 5.26. The number of methoxy groups -OCH3 is 1. The second kappa shape index (κ2) is 9.28. The average molecular weight is 355 g/mol. The molecular weight excluding hydrogens is 324 g/mol. The molecule has 0 spiro atoms. The smallest absolute Gasteiger partial charge is 0.224 e. The van der Waals surface area contributed by atoms with Crippen LogP contribution in [0.25, 0.3) is 0 Å². The number of carbonyl (C=O) groups excluding carboxylic acids is 1. The Kier molecular flexibility index (Phi) is 8.04. The van der Waals surface area contributed by atoms with E-state index in [1.807, 2.05) is 26.0 Å². The van der Waals surface area contributed by atoms with Crippen molar-refractivity contribution in [3.8, 4) is 5.75 Å². The van der Waals surface area contributed by atoms with Gasteiger partial charge in [-0.1, -0.05) is 38.3 Å². The molecular formula is C19H31ClN2O2. The fraction of sp³-hybridized carbons (Fsp3) is 0.632. The Morgan fingerprint density at radius 2 is 1.79 bits per heavy atom. The summed E-state index contributed by atoms with van der Waals surface area (Å²) in [7, 11) is 1.68. The Bertz CT molecular complexity index is 511. The van der Waals surface area contributed by atoms with Gasteiger partial charge in [-0.25, -0.2) is 0 Å². The van der Waals surface area contributed by atoms with Crippen LogP contribution in [-0.2, 0) is 10.2 Å². The molecule has 136 valence electrons. The first-order chi connectivity index (χ1) is 11.0. The van der Waals surface area contributed by atoms with Gasteiger partial charge in [0.25, 0.3) is 0 Å². The van der Waals surface area contributed by atoms with Gasteiger partial charge in [-0.15, -0.1) is 12.4 Å². The Hall–Kier alpha value is -1.26. The van der Waals surface area contributed by atoms with Crippen LogP contribution in [0.1, 0.15) is 51.5 Å². The fourth-order valence-electron chi connectivity index (χ4n) is 3.40. The normalized spacial score (nSPS) is 18.8. The minimum absolute atomic E-state index is 0. The number of nitrogens with one attached hydrogen (secondary N) is 1. The van der Waals surface area contributed by atoms with Crippen molar-refractivity contribution in [1.29, 1.82) is 0 Å². The standard InChI is InChI=1S/C19H30N2O2.ClH/c1-14(15(2)20)18(22)21-13-19(11-5-4-6-12-19)16-7-9-17(23-3)10-8-16;/h7-10,14-15H,4-6,11-13,20H2,1-3H3,(H,21,22);1H. The van der Waals surface area contributed by atoms with Gasteiger partial charge in [0, 0.05) is 23.9 Å². The predicted octanol–water partition coefficient (Wildman–Crippen LogP) is 3.42. The Morgan fingerprint density at radius 1 is 1.21 bits per heavy atom. The lowest BCUT2D eigenvalue weighted by atomic mass is 9.69. The Balaban J connectivity index is 0.00000288. The van der Waals surface area contributed by atoms with Gasteiger partial charge in [0.1, 0.15) is 5.75 Å². The molecule has 2 unspecified atom stereocenters. The SMILES string of the molecule is COc1ccc(C2(CNC(=O)C(C)C(C)N)CCCCC2)cc1.Cl. The third-order valence-electron chi connectivity index (χ3n) is 5.32. The molecule has 0 aliphatic heterocycles. The lowest BCUT2D eigenvalue weighted by Crippen LogP contribution is -2.46. The molecule has 4 nitrogen and oxygen atoms in total. The van der Waals surface area contributed by atoms with Crippen molar-refractivity contribution in [1.82, 2.24) is 5.32 Å². The number of rotatable bonds is 6. The van der Waals surface area contributed by atoms with E-state index in [2.05, 4.69) is 17.4 Å². The highest BCUT2D eigenvalue weighted by molar-refractivity contribution is 5.85. The molecule has 1 fully saturated rings. The zero-order valence-electron chi connectivity index (χ0n) is 15.0. The number of benzene rings is 1. The Labute approximate surface area is 151 Å². The molecule has 1 aliphatic carbocycles. The second-order valence-corrected chi connectivity index (χ2v) is 6.94. The van der Waals surface area contributed by atoms with Crippen LogP contribution in [0.2, 0.25) is 0 Å². The van der Waals surface area contributed by atoms with Gasteiger partial charge < -0.3 is 15.8 Å². The van der Waals surface area contributed by atoms with Crippen molar-refractivity contribution in [3.05, 3.63) is 29.8 Å². The van der Waals surface area contributed by atoms with Crippen molar-refractivity contribution in [2.45, 2.75) is 57.4 Å². The number of nitrogens with two attached hydrogens (primary N) is 1. The zero-order valence-corrected chi connectivity index (χ0v) is 15.8. The summed E-state index contributed by atoms with van der Waals surface area (Å²) in [4.78, 5) is 12.3. The van der Waals surface area contributed by atoms with Gasteiger partial charge in [0.05, 0.1) is 7.11 Å². The summed E-state index contributed by atoms with van der Waals surface area (Å²) >= 11 is 0. The van der Waals surface area contributed by atoms with E-state index >= 15 is 0 Å².